The molecule has 0 unspecified atom stereocenters. The zero-order chi connectivity index (χ0) is 12.0. The standard InChI is InChI=1S/C11H20N4S/c1-9(2)7-15(5-3-10(12)13)8-11-14-4-6-16-11/h4,6,9H,3,5,7-8H2,1-2H3,(H3,12,13). The lowest BCUT2D eigenvalue weighted by atomic mass is 10.2. The van der Waals surface area contributed by atoms with E-state index in [0.717, 1.165) is 24.6 Å². The Morgan fingerprint density at radius 2 is 2.38 bits per heavy atom. The molecule has 0 bridgehead atoms. The molecule has 4 nitrogen and oxygen atoms in total. The minimum absolute atomic E-state index is 0.257. The molecule has 1 rings (SSSR count). The monoisotopic (exact) mass is 240 g/mol. The smallest absolute Gasteiger partial charge is 0.107 e. The SMILES string of the molecule is CC(C)CN(CCC(=N)N)Cc1nccs1. The quantitative estimate of drug-likeness (QED) is 0.565. The Morgan fingerprint density at radius 3 is 2.88 bits per heavy atom. The molecule has 90 valence electrons. The molecule has 0 aliphatic rings. The van der Waals surface area contributed by atoms with Crippen molar-refractivity contribution in [2.75, 3.05) is 13.1 Å². The zero-order valence-electron chi connectivity index (χ0n) is 9.94. The van der Waals surface area contributed by atoms with Crippen molar-refractivity contribution in [2.24, 2.45) is 11.7 Å². The van der Waals surface area contributed by atoms with Gasteiger partial charge in [0.1, 0.15) is 5.01 Å². The largest absolute Gasteiger partial charge is 0.388 e. The second-order valence-electron chi connectivity index (χ2n) is 4.33. The van der Waals surface area contributed by atoms with Crippen LogP contribution in [-0.2, 0) is 6.54 Å². The molecule has 3 N–H and O–H groups in total. The lowest BCUT2D eigenvalue weighted by Crippen LogP contribution is -2.30. The van der Waals surface area contributed by atoms with Gasteiger partial charge in [0.2, 0.25) is 0 Å². The Hall–Kier alpha value is -0.940. The summed E-state index contributed by atoms with van der Waals surface area (Å²) >= 11 is 1.67. The van der Waals surface area contributed by atoms with Gasteiger partial charge >= 0.3 is 0 Å². The van der Waals surface area contributed by atoms with E-state index in [2.05, 4.69) is 23.7 Å². The molecule has 0 amide bonds. The van der Waals surface area contributed by atoms with E-state index in [9.17, 15) is 0 Å². The van der Waals surface area contributed by atoms with E-state index >= 15 is 0 Å². The van der Waals surface area contributed by atoms with Crippen molar-refractivity contribution in [2.45, 2.75) is 26.8 Å². The summed E-state index contributed by atoms with van der Waals surface area (Å²) in [7, 11) is 0. The molecule has 5 heteroatoms. The van der Waals surface area contributed by atoms with Gasteiger partial charge in [-0.15, -0.1) is 11.3 Å². The number of hydrogen-bond donors (Lipinski definition) is 2. The number of amidine groups is 1. The van der Waals surface area contributed by atoms with Crippen LogP contribution in [-0.4, -0.2) is 28.8 Å². The minimum atomic E-state index is 0.257. The summed E-state index contributed by atoms with van der Waals surface area (Å²) in [5.41, 5.74) is 5.39. The summed E-state index contributed by atoms with van der Waals surface area (Å²) in [5.74, 6) is 0.875. The lowest BCUT2D eigenvalue weighted by Gasteiger charge is -2.22. The van der Waals surface area contributed by atoms with Crippen LogP contribution in [0.25, 0.3) is 0 Å². The number of aromatic nitrogens is 1. The summed E-state index contributed by atoms with van der Waals surface area (Å²) < 4.78 is 0. The highest BCUT2D eigenvalue weighted by molar-refractivity contribution is 7.09. The maximum atomic E-state index is 7.26. The number of nitrogens with zero attached hydrogens (tertiary/aromatic N) is 2. The first kappa shape index (κ1) is 13.1. The van der Waals surface area contributed by atoms with Crippen LogP contribution in [0, 0.1) is 11.3 Å². The van der Waals surface area contributed by atoms with Gasteiger partial charge in [0.05, 0.1) is 12.4 Å². The van der Waals surface area contributed by atoms with Gasteiger partial charge < -0.3 is 5.73 Å². The molecule has 1 aromatic rings. The van der Waals surface area contributed by atoms with E-state index in [0.29, 0.717) is 12.3 Å². The van der Waals surface area contributed by atoms with Gasteiger partial charge in [-0.05, 0) is 5.92 Å². The molecule has 0 fully saturated rings. The summed E-state index contributed by atoms with van der Waals surface area (Å²) in [6.45, 7) is 7.12. The van der Waals surface area contributed by atoms with Gasteiger partial charge in [0, 0.05) is 31.1 Å². The molecule has 0 radical (unpaired) electrons. The first-order valence-electron chi connectivity index (χ1n) is 5.51. The number of nitrogens with two attached hydrogens (primary N) is 1. The average Bonchev–Trinajstić information content (AvgIpc) is 2.66. The highest BCUT2D eigenvalue weighted by atomic mass is 32.1. The Kier molecular flexibility index (Phi) is 5.42. The highest BCUT2D eigenvalue weighted by Gasteiger charge is 2.09. The molecule has 0 spiro atoms. The number of nitrogens with one attached hydrogen (secondary N) is 1. The third-order valence-corrected chi connectivity index (χ3v) is 2.93. The Bertz CT molecular complexity index is 308. The average molecular weight is 240 g/mol. The summed E-state index contributed by atoms with van der Waals surface area (Å²) in [5, 5.41) is 10.4. The predicted octanol–water partition coefficient (Wildman–Crippen LogP) is 1.93. The highest BCUT2D eigenvalue weighted by Crippen LogP contribution is 2.10. The zero-order valence-corrected chi connectivity index (χ0v) is 10.8. The van der Waals surface area contributed by atoms with Gasteiger partial charge in [-0.25, -0.2) is 4.98 Å². The molecule has 1 heterocycles. The van der Waals surface area contributed by atoms with Gasteiger partial charge in [0.15, 0.2) is 0 Å². The Labute approximate surface area is 101 Å². The van der Waals surface area contributed by atoms with Crippen molar-refractivity contribution >= 4 is 17.2 Å². The predicted molar refractivity (Wildman–Crippen MR) is 68.8 cm³/mol. The van der Waals surface area contributed by atoms with Crippen molar-refractivity contribution in [3.05, 3.63) is 16.6 Å². The second kappa shape index (κ2) is 6.60. The molecule has 1 aromatic heterocycles. The molecule has 0 aliphatic heterocycles. The first-order chi connectivity index (χ1) is 7.58. The molecule has 0 atom stereocenters. The van der Waals surface area contributed by atoms with Crippen LogP contribution in [0.2, 0.25) is 0 Å². The molecular formula is C11H20N4S. The van der Waals surface area contributed by atoms with Crippen LogP contribution in [0.4, 0.5) is 0 Å². The lowest BCUT2D eigenvalue weighted by molar-refractivity contribution is 0.242. The molecule has 0 saturated carbocycles. The fourth-order valence-corrected chi connectivity index (χ4v) is 2.21. The van der Waals surface area contributed by atoms with E-state index in [1.165, 1.54) is 0 Å². The number of rotatable bonds is 7. The fourth-order valence-electron chi connectivity index (χ4n) is 1.55. The normalized spacial score (nSPS) is 11.2. The molecular weight excluding hydrogens is 220 g/mol. The third kappa shape index (κ3) is 5.23. The molecule has 0 aromatic carbocycles. The van der Waals surface area contributed by atoms with Crippen LogP contribution in [0.1, 0.15) is 25.3 Å². The fraction of sp³-hybridized carbons (Fsp3) is 0.636. The van der Waals surface area contributed by atoms with Gasteiger partial charge in [-0.1, -0.05) is 13.8 Å². The summed E-state index contributed by atoms with van der Waals surface area (Å²) in [6.07, 6.45) is 2.47. The molecule has 0 aliphatic carbocycles. The van der Waals surface area contributed by atoms with Gasteiger partial charge in [0.25, 0.3) is 0 Å². The van der Waals surface area contributed by atoms with Crippen LogP contribution in [0.15, 0.2) is 11.6 Å². The van der Waals surface area contributed by atoms with E-state index in [1.54, 1.807) is 11.3 Å². The number of hydrogen-bond acceptors (Lipinski definition) is 4. The maximum Gasteiger partial charge on any atom is 0.107 e. The van der Waals surface area contributed by atoms with Crippen molar-refractivity contribution < 1.29 is 0 Å². The minimum Gasteiger partial charge on any atom is -0.388 e. The third-order valence-electron chi connectivity index (χ3n) is 2.16. The van der Waals surface area contributed by atoms with Crippen molar-refractivity contribution in [3.63, 3.8) is 0 Å². The van der Waals surface area contributed by atoms with E-state index < -0.39 is 0 Å². The maximum absolute atomic E-state index is 7.26. The second-order valence-corrected chi connectivity index (χ2v) is 5.31. The number of thiazole rings is 1. The van der Waals surface area contributed by atoms with Crippen LogP contribution >= 0.6 is 11.3 Å². The Balaban J connectivity index is 2.46. The van der Waals surface area contributed by atoms with Gasteiger partial charge in [-0.3, -0.25) is 10.3 Å². The van der Waals surface area contributed by atoms with E-state index in [1.807, 2.05) is 11.6 Å². The topological polar surface area (TPSA) is 66.0 Å². The Morgan fingerprint density at radius 1 is 1.62 bits per heavy atom. The van der Waals surface area contributed by atoms with Gasteiger partial charge in [-0.2, -0.15) is 0 Å². The molecule has 0 saturated heterocycles. The summed E-state index contributed by atoms with van der Waals surface area (Å²) in [6, 6.07) is 0. The van der Waals surface area contributed by atoms with Crippen LogP contribution in [0.3, 0.4) is 0 Å². The first-order valence-corrected chi connectivity index (χ1v) is 6.39. The van der Waals surface area contributed by atoms with Crippen molar-refractivity contribution in [1.82, 2.24) is 9.88 Å². The van der Waals surface area contributed by atoms with Crippen LogP contribution in [0.5, 0.6) is 0 Å². The van der Waals surface area contributed by atoms with Crippen molar-refractivity contribution in [3.8, 4) is 0 Å². The van der Waals surface area contributed by atoms with E-state index in [-0.39, 0.29) is 5.84 Å². The van der Waals surface area contributed by atoms with Crippen molar-refractivity contribution in [1.29, 1.82) is 5.41 Å². The van der Waals surface area contributed by atoms with Crippen LogP contribution < -0.4 is 5.73 Å². The summed E-state index contributed by atoms with van der Waals surface area (Å²) in [4.78, 5) is 6.59. The molecule has 16 heavy (non-hydrogen) atoms. The van der Waals surface area contributed by atoms with E-state index in [4.69, 9.17) is 11.1 Å².